The third-order valence-corrected chi connectivity index (χ3v) is 3.26. The molecule has 17 heavy (non-hydrogen) atoms. The number of carbonyl (C=O) groups is 1. The highest BCUT2D eigenvalue weighted by Gasteiger charge is 2.21. The maximum absolute atomic E-state index is 11.5. The van der Waals surface area contributed by atoms with Crippen LogP contribution >= 0.6 is 0 Å². The average molecular weight is 237 g/mol. The van der Waals surface area contributed by atoms with Gasteiger partial charge >= 0.3 is 5.97 Å². The summed E-state index contributed by atoms with van der Waals surface area (Å²) >= 11 is 0. The molecule has 2 rings (SSSR count). The Hall–Kier alpha value is -1.29. The highest BCUT2D eigenvalue weighted by atomic mass is 16.5. The second-order valence-electron chi connectivity index (χ2n) is 4.73. The highest BCUT2D eigenvalue weighted by molar-refractivity contribution is 5.90. The molecule has 1 fully saturated rings. The predicted octanol–water partition coefficient (Wildman–Crippen LogP) is 2.30. The SMILES string of the molecule is COC(=O)c1ccoc1CN1CCCC(C)C1. The van der Waals surface area contributed by atoms with Gasteiger partial charge in [-0.05, 0) is 31.4 Å². The molecule has 0 bridgehead atoms. The molecule has 1 aromatic heterocycles. The third-order valence-electron chi connectivity index (χ3n) is 3.26. The molecule has 0 radical (unpaired) electrons. The molecule has 0 aliphatic carbocycles. The van der Waals surface area contributed by atoms with Gasteiger partial charge in [-0.3, -0.25) is 4.90 Å². The fourth-order valence-corrected chi connectivity index (χ4v) is 2.39. The minimum Gasteiger partial charge on any atom is -0.467 e. The number of hydrogen-bond donors (Lipinski definition) is 0. The van der Waals surface area contributed by atoms with Crippen molar-refractivity contribution in [1.82, 2.24) is 4.90 Å². The lowest BCUT2D eigenvalue weighted by molar-refractivity contribution is 0.0595. The Balaban J connectivity index is 2.03. The highest BCUT2D eigenvalue weighted by Crippen LogP contribution is 2.20. The molecule has 0 aromatic carbocycles. The van der Waals surface area contributed by atoms with E-state index in [4.69, 9.17) is 9.15 Å². The summed E-state index contributed by atoms with van der Waals surface area (Å²) in [5, 5.41) is 0. The van der Waals surface area contributed by atoms with Crippen molar-refractivity contribution < 1.29 is 13.9 Å². The van der Waals surface area contributed by atoms with Crippen LogP contribution in [0.2, 0.25) is 0 Å². The van der Waals surface area contributed by atoms with Crippen LogP contribution in [0.25, 0.3) is 0 Å². The number of furan rings is 1. The van der Waals surface area contributed by atoms with E-state index >= 15 is 0 Å². The Morgan fingerprint density at radius 1 is 1.65 bits per heavy atom. The first kappa shape index (κ1) is 12.2. The Kier molecular flexibility index (Phi) is 3.84. The number of hydrogen-bond acceptors (Lipinski definition) is 4. The molecule has 0 amide bonds. The molecule has 0 saturated carbocycles. The number of methoxy groups -OCH3 is 1. The van der Waals surface area contributed by atoms with E-state index in [1.807, 2.05) is 0 Å². The number of esters is 1. The molecule has 1 aromatic rings. The van der Waals surface area contributed by atoms with Crippen LogP contribution in [0, 0.1) is 5.92 Å². The van der Waals surface area contributed by atoms with Gasteiger partial charge in [0.15, 0.2) is 0 Å². The number of carbonyl (C=O) groups excluding carboxylic acids is 1. The Labute approximate surface area is 102 Å². The molecule has 1 aliphatic heterocycles. The van der Waals surface area contributed by atoms with Gasteiger partial charge in [-0.15, -0.1) is 0 Å². The maximum Gasteiger partial charge on any atom is 0.341 e. The molecule has 1 unspecified atom stereocenters. The van der Waals surface area contributed by atoms with E-state index in [0.717, 1.165) is 19.0 Å². The van der Waals surface area contributed by atoms with Gasteiger partial charge in [0.2, 0.25) is 0 Å². The fraction of sp³-hybridized carbons (Fsp3) is 0.615. The summed E-state index contributed by atoms with van der Waals surface area (Å²) in [7, 11) is 1.39. The largest absolute Gasteiger partial charge is 0.467 e. The third kappa shape index (κ3) is 2.88. The van der Waals surface area contributed by atoms with E-state index in [-0.39, 0.29) is 5.97 Å². The monoisotopic (exact) mass is 237 g/mol. The number of rotatable bonds is 3. The number of likely N-dealkylation sites (tertiary alicyclic amines) is 1. The standard InChI is InChI=1S/C13H19NO3/c1-10-4-3-6-14(8-10)9-12-11(5-7-17-12)13(15)16-2/h5,7,10H,3-4,6,8-9H2,1-2H3. The maximum atomic E-state index is 11.5. The molecule has 4 heteroatoms. The van der Waals surface area contributed by atoms with Crippen LogP contribution in [0.4, 0.5) is 0 Å². The zero-order valence-electron chi connectivity index (χ0n) is 10.4. The van der Waals surface area contributed by atoms with Crippen molar-refractivity contribution in [2.24, 2.45) is 5.92 Å². The summed E-state index contributed by atoms with van der Waals surface area (Å²) in [6.07, 6.45) is 4.06. The molecule has 2 heterocycles. The van der Waals surface area contributed by atoms with Crippen molar-refractivity contribution in [3.8, 4) is 0 Å². The molecule has 94 valence electrons. The van der Waals surface area contributed by atoms with Crippen molar-refractivity contribution in [3.05, 3.63) is 23.7 Å². The minimum absolute atomic E-state index is 0.321. The molecule has 4 nitrogen and oxygen atoms in total. The lowest BCUT2D eigenvalue weighted by Gasteiger charge is -2.30. The first-order chi connectivity index (χ1) is 8.20. The van der Waals surface area contributed by atoms with Gasteiger partial charge in [0.1, 0.15) is 11.3 Å². The Bertz CT molecular complexity index is 386. The van der Waals surface area contributed by atoms with Crippen molar-refractivity contribution >= 4 is 5.97 Å². The average Bonchev–Trinajstić information content (AvgIpc) is 2.76. The van der Waals surface area contributed by atoms with E-state index in [9.17, 15) is 4.79 Å². The topological polar surface area (TPSA) is 42.7 Å². The van der Waals surface area contributed by atoms with E-state index in [1.54, 1.807) is 12.3 Å². The van der Waals surface area contributed by atoms with Crippen LogP contribution in [0.1, 0.15) is 35.9 Å². The summed E-state index contributed by atoms with van der Waals surface area (Å²) < 4.78 is 10.1. The van der Waals surface area contributed by atoms with Crippen LogP contribution in [0.5, 0.6) is 0 Å². The molecule has 0 N–H and O–H groups in total. The molecular formula is C13H19NO3. The van der Waals surface area contributed by atoms with Gasteiger partial charge in [-0.1, -0.05) is 6.92 Å². The first-order valence-corrected chi connectivity index (χ1v) is 6.07. The fourth-order valence-electron chi connectivity index (χ4n) is 2.39. The van der Waals surface area contributed by atoms with E-state index < -0.39 is 0 Å². The smallest absolute Gasteiger partial charge is 0.341 e. The summed E-state index contributed by atoms with van der Waals surface area (Å²) in [4.78, 5) is 13.8. The van der Waals surface area contributed by atoms with Gasteiger partial charge in [0.05, 0.1) is 19.9 Å². The summed E-state index contributed by atoms with van der Waals surface area (Å²) in [6.45, 7) is 5.10. The van der Waals surface area contributed by atoms with Crippen LogP contribution in [-0.4, -0.2) is 31.1 Å². The van der Waals surface area contributed by atoms with Crippen molar-refractivity contribution in [2.75, 3.05) is 20.2 Å². The molecule has 0 spiro atoms. The molecule has 1 aliphatic rings. The zero-order valence-corrected chi connectivity index (χ0v) is 10.4. The predicted molar refractivity (Wildman–Crippen MR) is 63.7 cm³/mol. The van der Waals surface area contributed by atoms with Gasteiger partial charge in [-0.25, -0.2) is 4.79 Å². The second kappa shape index (κ2) is 5.36. The van der Waals surface area contributed by atoms with Crippen LogP contribution in [0.3, 0.4) is 0 Å². The van der Waals surface area contributed by atoms with Crippen LogP contribution < -0.4 is 0 Å². The lowest BCUT2D eigenvalue weighted by atomic mass is 10.0. The van der Waals surface area contributed by atoms with Crippen molar-refractivity contribution in [2.45, 2.75) is 26.3 Å². The minimum atomic E-state index is -0.321. The van der Waals surface area contributed by atoms with Gasteiger partial charge in [0.25, 0.3) is 0 Å². The number of piperidine rings is 1. The molecular weight excluding hydrogens is 218 g/mol. The molecule has 1 saturated heterocycles. The van der Waals surface area contributed by atoms with Crippen LogP contribution in [0.15, 0.2) is 16.7 Å². The lowest BCUT2D eigenvalue weighted by Crippen LogP contribution is -2.34. The van der Waals surface area contributed by atoms with E-state index in [1.165, 1.54) is 20.0 Å². The second-order valence-corrected chi connectivity index (χ2v) is 4.73. The Morgan fingerprint density at radius 2 is 2.47 bits per heavy atom. The van der Waals surface area contributed by atoms with E-state index in [2.05, 4.69) is 11.8 Å². The van der Waals surface area contributed by atoms with E-state index in [0.29, 0.717) is 17.9 Å². The molecule has 1 atom stereocenters. The summed E-state index contributed by atoms with van der Waals surface area (Å²) in [6, 6.07) is 1.68. The van der Waals surface area contributed by atoms with Gasteiger partial charge in [0, 0.05) is 6.54 Å². The summed E-state index contributed by atoms with van der Waals surface area (Å²) in [5.41, 5.74) is 0.547. The number of nitrogens with zero attached hydrogens (tertiary/aromatic N) is 1. The van der Waals surface area contributed by atoms with Crippen molar-refractivity contribution in [1.29, 1.82) is 0 Å². The van der Waals surface area contributed by atoms with Crippen molar-refractivity contribution in [3.63, 3.8) is 0 Å². The first-order valence-electron chi connectivity index (χ1n) is 6.07. The Morgan fingerprint density at radius 3 is 3.18 bits per heavy atom. The zero-order chi connectivity index (χ0) is 12.3. The summed E-state index contributed by atoms with van der Waals surface area (Å²) in [5.74, 6) is 1.12. The van der Waals surface area contributed by atoms with Gasteiger partial charge < -0.3 is 9.15 Å². The van der Waals surface area contributed by atoms with Crippen LogP contribution in [-0.2, 0) is 11.3 Å². The van der Waals surface area contributed by atoms with Gasteiger partial charge in [-0.2, -0.15) is 0 Å². The normalized spacial score (nSPS) is 21.4. The number of ether oxygens (including phenoxy) is 1. The quantitative estimate of drug-likeness (QED) is 0.756.